The molecule has 2 heterocycles. The molecule has 0 aliphatic carbocycles. The highest BCUT2D eigenvalue weighted by Crippen LogP contribution is 2.42. The van der Waals surface area contributed by atoms with E-state index in [0.29, 0.717) is 44.6 Å². The smallest absolute Gasteiger partial charge is 0.335 e. The maximum atomic E-state index is 12.6. The molecule has 3 aromatic rings. The van der Waals surface area contributed by atoms with Gasteiger partial charge in [-0.2, -0.15) is 0 Å². The van der Waals surface area contributed by atoms with Crippen molar-refractivity contribution in [3.8, 4) is 34.1 Å². The standard InChI is InChI=1S/C31H35NO7/c1-20-28(34-3)18-23(19-29(20)35-4)25-10-9-24(32-39-30(33)21-12-15-36-16-13-21)17-22(25)11-14-31(2)37-26-7-5-6-8-27(26)38-31/h5-10,17-19,21,32H,11-16H2,1-4H3. The van der Waals surface area contributed by atoms with Gasteiger partial charge in [0, 0.05) is 32.1 Å². The molecule has 2 aliphatic rings. The third-order valence-corrected chi connectivity index (χ3v) is 7.34. The summed E-state index contributed by atoms with van der Waals surface area (Å²) in [4.78, 5) is 18.0. The van der Waals surface area contributed by atoms with Crippen LogP contribution < -0.4 is 24.4 Å². The molecule has 8 heteroatoms. The van der Waals surface area contributed by atoms with Crippen LogP contribution in [0.3, 0.4) is 0 Å². The minimum absolute atomic E-state index is 0.157. The molecule has 0 saturated carbocycles. The van der Waals surface area contributed by atoms with Crippen LogP contribution in [0.2, 0.25) is 0 Å². The molecule has 2 aliphatic heterocycles. The lowest BCUT2D eigenvalue weighted by Crippen LogP contribution is -2.35. The number of para-hydroxylation sites is 2. The number of carbonyl (C=O) groups is 1. The Labute approximate surface area is 229 Å². The number of carbonyl (C=O) groups excluding carboxylic acids is 1. The Bertz CT molecular complexity index is 1280. The van der Waals surface area contributed by atoms with Crippen LogP contribution in [0.1, 0.15) is 37.3 Å². The van der Waals surface area contributed by atoms with Crippen LogP contribution in [0.5, 0.6) is 23.0 Å². The van der Waals surface area contributed by atoms with Crippen LogP contribution in [-0.4, -0.2) is 39.2 Å². The Kier molecular flexibility index (Phi) is 7.84. The predicted molar refractivity (Wildman–Crippen MR) is 147 cm³/mol. The van der Waals surface area contributed by atoms with Crippen LogP contribution in [0, 0.1) is 12.8 Å². The first kappa shape index (κ1) is 26.7. The molecule has 1 saturated heterocycles. The minimum atomic E-state index is -0.803. The van der Waals surface area contributed by atoms with Crippen molar-refractivity contribution >= 4 is 11.7 Å². The molecule has 0 radical (unpaired) electrons. The van der Waals surface area contributed by atoms with E-state index < -0.39 is 5.79 Å². The van der Waals surface area contributed by atoms with Gasteiger partial charge in [-0.25, -0.2) is 10.3 Å². The summed E-state index contributed by atoms with van der Waals surface area (Å²) in [6, 6.07) is 17.6. The SMILES string of the molecule is COc1cc(-c2ccc(NOC(=O)C3CCOCC3)cc2CCC2(C)Oc3ccccc3O2)cc(OC)c1C. The van der Waals surface area contributed by atoms with Crippen molar-refractivity contribution in [2.75, 3.05) is 32.9 Å². The van der Waals surface area contributed by atoms with E-state index in [2.05, 4.69) is 5.48 Å². The van der Waals surface area contributed by atoms with Crippen LogP contribution in [-0.2, 0) is 20.8 Å². The first-order valence-corrected chi connectivity index (χ1v) is 13.3. The molecule has 1 fully saturated rings. The maximum Gasteiger partial charge on any atom is 0.335 e. The average molecular weight is 534 g/mol. The molecule has 39 heavy (non-hydrogen) atoms. The molecule has 0 amide bonds. The number of hydrogen-bond acceptors (Lipinski definition) is 8. The number of ether oxygens (including phenoxy) is 5. The molecule has 0 atom stereocenters. The van der Waals surface area contributed by atoms with Gasteiger partial charge in [0.2, 0.25) is 5.79 Å². The summed E-state index contributed by atoms with van der Waals surface area (Å²) in [5.41, 5.74) is 7.47. The van der Waals surface area contributed by atoms with Gasteiger partial charge < -0.3 is 28.5 Å². The minimum Gasteiger partial charge on any atom is -0.496 e. The molecule has 0 aromatic heterocycles. The Morgan fingerprint density at radius 3 is 2.23 bits per heavy atom. The van der Waals surface area contributed by atoms with Gasteiger partial charge in [-0.3, -0.25) is 0 Å². The zero-order valence-electron chi connectivity index (χ0n) is 22.9. The Hall–Kier alpha value is -3.91. The monoisotopic (exact) mass is 533 g/mol. The Balaban J connectivity index is 1.41. The van der Waals surface area contributed by atoms with Gasteiger partial charge in [0.1, 0.15) is 11.5 Å². The molecular weight excluding hydrogens is 498 g/mol. The first-order valence-electron chi connectivity index (χ1n) is 13.3. The second-order valence-corrected chi connectivity index (χ2v) is 10.1. The van der Waals surface area contributed by atoms with Gasteiger partial charge in [-0.1, -0.05) is 18.2 Å². The highest BCUT2D eigenvalue weighted by Gasteiger charge is 2.36. The van der Waals surface area contributed by atoms with Crippen molar-refractivity contribution in [1.82, 2.24) is 0 Å². The number of nitrogens with one attached hydrogen (secondary N) is 1. The lowest BCUT2D eigenvalue weighted by Gasteiger charge is -2.24. The first-order chi connectivity index (χ1) is 18.9. The van der Waals surface area contributed by atoms with E-state index in [9.17, 15) is 4.79 Å². The van der Waals surface area contributed by atoms with Gasteiger partial charge in [0.15, 0.2) is 11.5 Å². The molecule has 0 spiro atoms. The van der Waals surface area contributed by atoms with Crippen LogP contribution in [0.4, 0.5) is 5.69 Å². The van der Waals surface area contributed by atoms with Gasteiger partial charge in [0.25, 0.3) is 0 Å². The Morgan fingerprint density at radius 2 is 1.62 bits per heavy atom. The molecular formula is C31H35NO7. The van der Waals surface area contributed by atoms with Gasteiger partial charge in [0.05, 0.1) is 25.8 Å². The van der Waals surface area contributed by atoms with E-state index in [4.69, 9.17) is 28.5 Å². The highest BCUT2D eigenvalue weighted by molar-refractivity contribution is 5.76. The molecule has 1 N–H and O–H groups in total. The quantitative estimate of drug-likeness (QED) is 0.331. The van der Waals surface area contributed by atoms with Crippen molar-refractivity contribution < 1.29 is 33.3 Å². The number of methoxy groups -OCH3 is 2. The van der Waals surface area contributed by atoms with E-state index >= 15 is 0 Å². The van der Waals surface area contributed by atoms with Crippen LogP contribution >= 0.6 is 0 Å². The summed E-state index contributed by atoms with van der Waals surface area (Å²) >= 11 is 0. The van der Waals surface area contributed by atoms with Crippen LogP contribution in [0.25, 0.3) is 11.1 Å². The summed E-state index contributed by atoms with van der Waals surface area (Å²) in [7, 11) is 3.30. The average Bonchev–Trinajstić information content (AvgIpc) is 3.32. The highest BCUT2D eigenvalue weighted by atomic mass is 16.7. The van der Waals surface area contributed by atoms with Gasteiger partial charge >= 0.3 is 5.97 Å². The van der Waals surface area contributed by atoms with E-state index in [-0.39, 0.29) is 11.9 Å². The Morgan fingerprint density at radius 1 is 0.974 bits per heavy atom. The van der Waals surface area contributed by atoms with E-state index in [0.717, 1.165) is 45.3 Å². The van der Waals surface area contributed by atoms with Crippen molar-refractivity contribution in [3.63, 3.8) is 0 Å². The number of fused-ring (bicyclic) bond motifs is 1. The largest absolute Gasteiger partial charge is 0.496 e. The zero-order valence-corrected chi connectivity index (χ0v) is 22.9. The molecule has 3 aromatic carbocycles. The fourth-order valence-electron chi connectivity index (χ4n) is 5.08. The van der Waals surface area contributed by atoms with E-state index in [1.165, 1.54) is 0 Å². The van der Waals surface area contributed by atoms with E-state index in [1.807, 2.05) is 68.4 Å². The van der Waals surface area contributed by atoms with Crippen LogP contribution in [0.15, 0.2) is 54.6 Å². The number of aryl methyl sites for hydroxylation is 1. The molecule has 8 nitrogen and oxygen atoms in total. The summed E-state index contributed by atoms with van der Waals surface area (Å²) in [6.45, 7) is 5.07. The summed E-state index contributed by atoms with van der Waals surface area (Å²) in [5.74, 6) is 1.74. The number of anilines is 1. The van der Waals surface area contributed by atoms with E-state index in [1.54, 1.807) is 14.2 Å². The predicted octanol–water partition coefficient (Wildman–Crippen LogP) is 6.10. The molecule has 206 valence electrons. The maximum absolute atomic E-state index is 12.6. The lowest BCUT2D eigenvalue weighted by molar-refractivity contribution is -0.148. The molecule has 0 bridgehead atoms. The molecule has 5 rings (SSSR count). The fraction of sp³-hybridized carbons (Fsp3) is 0.387. The fourth-order valence-corrected chi connectivity index (χ4v) is 5.08. The van der Waals surface area contributed by atoms with Crippen molar-refractivity contribution in [1.29, 1.82) is 0 Å². The third kappa shape index (κ3) is 5.91. The van der Waals surface area contributed by atoms with Gasteiger partial charge in [-0.15, -0.1) is 0 Å². The number of rotatable bonds is 9. The van der Waals surface area contributed by atoms with Crippen molar-refractivity contribution in [2.24, 2.45) is 5.92 Å². The number of hydrogen-bond donors (Lipinski definition) is 1. The summed E-state index contributed by atoms with van der Waals surface area (Å²) < 4.78 is 29.0. The normalized spacial score (nSPS) is 16.0. The lowest BCUT2D eigenvalue weighted by atomic mass is 9.93. The topological polar surface area (TPSA) is 84.5 Å². The second-order valence-electron chi connectivity index (χ2n) is 10.1. The zero-order chi connectivity index (χ0) is 27.4. The summed E-state index contributed by atoms with van der Waals surface area (Å²) in [5, 5.41) is 0. The summed E-state index contributed by atoms with van der Waals surface area (Å²) in [6.07, 6.45) is 2.58. The van der Waals surface area contributed by atoms with Crippen molar-refractivity contribution in [2.45, 2.75) is 45.3 Å². The third-order valence-electron chi connectivity index (χ3n) is 7.34. The number of benzene rings is 3. The molecule has 0 unspecified atom stereocenters. The second kappa shape index (κ2) is 11.5. The van der Waals surface area contributed by atoms with Gasteiger partial charge in [-0.05, 0) is 79.3 Å². The van der Waals surface area contributed by atoms with Crippen molar-refractivity contribution in [3.05, 3.63) is 65.7 Å².